The lowest BCUT2D eigenvalue weighted by Gasteiger charge is -2.21. The fourth-order valence-electron chi connectivity index (χ4n) is 2.30. The first-order chi connectivity index (χ1) is 7.36. The SMILES string of the molecule is CSCC(NN)C1CCc2cccnc21. The monoisotopic (exact) mass is 223 g/mol. The second-order valence-corrected chi connectivity index (χ2v) is 4.83. The molecule has 1 aliphatic rings. The molecule has 15 heavy (non-hydrogen) atoms. The number of fused-ring (bicyclic) bond motifs is 1. The first-order valence-electron chi connectivity index (χ1n) is 5.25. The van der Waals surface area contributed by atoms with Crippen LogP contribution in [0.2, 0.25) is 0 Å². The van der Waals surface area contributed by atoms with Crippen LogP contribution in [0.1, 0.15) is 23.6 Å². The number of aryl methyl sites for hydroxylation is 1. The summed E-state index contributed by atoms with van der Waals surface area (Å²) in [4.78, 5) is 4.49. The van der Waals surface area contributed by atoms with E-state index in [0.29, 0.717) is 12.0 Å². The van der Waals surface area contributed by atoms with Gasteiger partial charge in [0.1, 0.15) is 0 Å². The maximum Gasteiger partial charge on any atom is 0.0482 e. The number of nitrogens with one attached hydrogen (secondary N) is 1. The van der Waals surface area contributed by atoms with Gasteiger partial charge in [0, 0.05) is 29.6 Å². The molecule has 0 bridgehead atoms. The van der Waals surface area contributed by atoms with E-state index in [2.05, 4.69) is 22.7 Å². The summed E-state index contributed by atoms with van der Waals surface area (Å²) in [5, 5.41) is 0. The van der Waals surface area contributed by atoms with Crippen molar-refractivity contribution in [2.45, 2.75) is 24.8 Å². The third-order valence-electron chi connectivity index (χ3n) is 3.05. The molecular formula is C11H17N3S. The predicted molar refractivity (Wildman–Crippen MR) is 64.8 cm³/mol. The Kier molecular flexibility index (Phi) is 3.61. The fourth-order valence-corrected chi connectivity index (χ4v) is 2.98. The van der Waals surface area contributed by atoms with Crippen molar-refractivity contribution in [3.8, 4) is 0 Å². The molecular weight excluding hydrogens is 206 g/mol. The minimum Gasteiger partial charge on any atom is -0.271 e. The molecule has 3 nitrogen and oxygen atoms in total. The van der Waals surface area contributed by atoms with E-state index in [1.54, 1.807) is 0 Å². The number of hydrogen-bond donors (Lipinski definition) is 2. The zero-order valence-corrected chi connectivity index (χ0v) is 9.76. The van der Waals surface area contributed by atoms with Gasteiger partial charge in [-0.1, -0.05) is 6.07 Å². The van der Waals surface area contributed by atoms with Gasteiger partial charge in [0.2, 0.25) is 0 Å². The van der Waals surface area contributed by atoms with Crippen molar-refractivity contribution in [2.75, 3.05) is 12.0 Å². The van der Waals surface area contributed by atoms with Crippen LogP contribution in [0.5, 0.6) is 0 Å². The first-order valence-corrected chi connectivity index (χ1v) is 6.65. The van der Waals surface area contributed by atoms with Crippen molar-refractivity contribution >= 4 is 11.8 Å². The summed E-state index contributed by atoms with van der Waals surface area (Å²) < 4.78 is 0. The molecule has 0 spiro atoms. The van der Waals surface area contributed by atoms with Crippen LogP contribution >= 0.6 is 11.8 Å². The normalized spacial score (nSPS) is 21.3. The van der Waals surface area contributed by atoms with Crippen LogP contribution in [0.3, 0.4) is 0 Å². The van der Waals surface area contributed by atoms with Gasteiger partial charge >= 0.3 is 0 Å². The summed E-state index contributed by atoms with van der Waals surface area (Å²) in [6.07, 6.45) is 6.30. The van der Waals surface area contributed by atoms with Crippen molar-refractivity contribution in [3.63, 3.8) is 0 Å². The van der Waals surface area contributed by atoms with E-state index in [1.165, 1.54) is 17.7 Å². The van der Waals surface area contributed by atoms with Crippen LogP contribution in [0.25, 0.3) is 0 Å². The van der Waals surface area contributed by atoms with E-state index < -0.39 is 0 Å². The number of pyridine rings is 1. The number of nitrogens with two attached hydrogens (primary N) is 1. The molecule has 0 aromatic carbocycles. The smallest absolute Gasteiger partial charge is 0.0482 e. The highest BCUT2D eigenvalue weighted by Crippen LogP contribution is 2.34. The van der Waals surface area contributed by atoms with Gasteiger partial charge in [-0.3, -0.25) is 16.3 Å². The summed E-state index contributed by atoms with van der Waals surface area (Å²) in [6.45, 7) is 0. The summed E-state index contributed by atoms with van der Waals surface area (Å²) in [7, 11) is 0. The molecule has 2 rings (SSSR count). The largest absolute Gasteiger partial charge is 0.271 e. The van der Waals surface area contributed by atoms with E-state index in [0.717, 1.165) is 12.2 Å². The molecule has 2 unspecified atom stereocenters. The molecule has 4 heteroatoms. The minimum absolute atomic E-state index is 0.344. The molecule has 0 aliphatic heterocycles. The third kappa shape index (κ3) is 2.17. The standard InChI is InChI=1S/C11H17N3S/c1-15-7-10(14-12)9-5-4-8-3-2-6-13-11(8)9/h2-3,6,9-10,14H,4-5,7,12H2,1H3. The van der Waals surface area contributed by atoms with Crippen LogP contribution in [-0.4, -0.2) is 23.0 Å². The van der Waals surface area contributed by atoms with E-state index in [1.807, 2.05) is 24.0 Å². The molecule has 82 valence electrons. The summed E-state index contributed by atoms with van der Waals surface area (Å²) in [6, 6.07) is 4.53. The van der Waals surface area contributed by atoms with Crippen LogP contribution in [0.15, 0.2) is 18.3 Å². The van der Waals surface area contributed by atoms with Crippen molar-refractivity contribution in [2.24, 2.45) is 5.84 Å². The Balaban J connectivity index is 2.18. The maximum absolute atomic E-state index is 5.60. The van der Waals surface area contributed by atoms with Crippen molar-refractivity contribution < 1.29 is 0 Å². The molecule has 0 fully saturated rings. The number of rotatable bonds is 4. The number of nitrogens with zero attached hydrogens (tertiary/aromatic N) is 1. The zero-order chi connectivity index (χ0) is 10.7. The van der Waals surface area contributed by atoms with E-state index in [-0.39, 0.29) is 0 Å². The Morgan fingerprint density at radius 2 is 2.60 bits per heavy atom. The second-order valence-electron chi connectivity index (χ2n) is 3.92. The molecule has 2 atom stereocenters. The lowest BCUT2D eigenvalue weighted by atomic mass is 9.99. The molecule has 0 amide bonds. The van der Waals surface area contributed by atoms with Crippen LogP contribution < -0.4 is 11.3 Å². The molecule has 0 radical (unpaired) electrons. The highest BCUT2D eigenvalue weighted by atomic mass is 32.2. The first kappa shape index (κ1) is 10.9. The molecule has 0 saturated carbocycles. The average molecular weight is 223 g/mol. The maximum atomic E-state index is 5.60. The van der Waals surface area contributed by atoms with Gasteiger partial charge in [0.15, 0.2) is 0 Å². The van der Waals surface area contributed by atoms with Gasteiger partial charge in [-0.05, 0) is 30.7 Å². The number of hydrazine groups is 1. The lowest BCUT2D eigenvalue weighted by Crippen LogP contribution is -2.41. The average Bonchev–Trinajstić information content (AvgIpc) is 2.70. The Morgan fingerprint density at radius 3 is 3.33 bits per heavy atom. The molecule has 1 aromatic rings. The third-order valence-corrected chi connectivity index (χ3v) is 3.74. The second kappa shape index (κ2) is 4.96. The van der Waals surface area contributed by atoms with Crippen LogP contribution in [-0.2, 0) is 6.42 Å². The van der Waals surface area contributed by atoms with E-state index >= 15 is 0 Å². The van der Waals surface area contributed by atoms with Gasteiger partial charge in [0.05, 0.1) is 0 Å². The summed E-state index contributed by atoms with van der Waals surface area (Å²) in [5.41, 5.74) is 5.56. The quantitative estimate of drug-likeness (QED) is 0.597. The topological polar surface area (TPSA) is 50.9 Å². The molecule has 1 aromatic heterocycles. The van der Waals surface area contributed by atoms with E-state index in [9.17, 15) is 0 Å². The van der Waals surface area contributed by atoms with E-state index in [4.69, 9.17) is 5.84 Å². The van der Waals surface area contributed by atoms with Crippen molar-refractivity contribution in [1.29, 1.82) is 0 Å². The zero-order valence-electron chi connectivity index (χ0n) is 8.94. The highest BCUT2D eigenvalue weighted by molar-refractivity contribution is 7.98. The lowest BCUT2D eigenvalue weighted by molar-refractivity contribution is 0.468. The van der Waals surface area contributed by atoms with Gasteiger partial charge in [-0.25, -0.2) is 0 Å². The van der Waals surface area contributed by atoms with Crippen LogP contribution in [0, 0.1) is 0 Å². The predicted octanol–water partition coefficient (Wildman–Crippen LogP) is 1.31. The summed E-state index contributed by atoms with van der Waals surface area (Å²) >= 11 is 1.83. The van der Waals surface area contributed by atoms with Crippen LogP contribution in [0.4, 0.5) is 0 Å². The Hall–Kier alpha value is -0.580. The van der Waals surface area contributed by atoms with Gasteiger partial charge < -0.3 is 0 Å². The fraction of sp³-hybridized carbons (Fsp3) is 0.545. The number of hydrogen-bond acceptors (Lipinski definition) is 4. The Morgan fingerprint density at radius 1 is 1.73 bits per heavy atom. The summed E-state index contributed by atoms with van der Waals surface area (Å²) in [5.74, 6) is 7.13. The van der Waals surface area contributed by atoms with Crippen molar-refractivity contribution in [1.82, 2.24) is 10.4 Å². The molecule has 1 heterocycles. The van der Waals surface area contributed by atoms with Gasteiger partial charge in [-0.2, -0.15) is 11.8 Å². The number of thioether (sulfide) groups is 1. The number of aromatic nitrogens is 1. The van der Waals surface area contributed by atoms with Crippen molar-refractivity contribution in [3.05, 3.63) is 29.6 Å². The Labute approximate surface area is 94.8 Å². The molecule has 0 saturated heterocycles. The Bertz CT molecular complexity index is 329. The minimum atomic E-state index is 0.344. The molecule has 3 N–H and O–H groups in total. The van der Waals surface area contributed by atoms with Gasteiger partial charge in [0.25, 0.3) is 0 Å². The molecule has 1 aliphatic carbocycles. The van der Waals surface area contributed by atoms with Gasteiger partial charge in [-0.15, -0.1) is 0 Å². The highest BCUT2D eigenvalue weighted by Gasteiger charge is 2.29.